The average Bonchev–Trinajstić information content (AvgIpc) is 3.14. The normalized spacial score (nSPS) is 13.3. The third-order valence-electron chi connectivity index (χ3n) is 10.9. The maximum atomic E-state index is 15.3. The lowest BCUT2D eigenvalue weighted by Crippen LogP contribution is -2.18. The molecule has 8 aromatic carbocycles. The molecule has 0 radical (unpaired) electrons. The minimum atomic E-state index is -5.56. The molecule has 0 saturated heterocycles. The maximum absolute atomic E-state index is 15.3. The van der Waals surface area contributed by atoms with E-state index in [0.29, 0.717) is 0 Å². The van der Waals surface area contributed by atoms with Gasteiger partial charge in [0.05, 0.1) is 64.2 Å². The Morgan fingerprint density at radius 1 is 0.300 bits per heavy atom. The number of benzene rings is 8. The molecule has 0 aliphatic heterocycles. The van der Waals surface area contributed by atoms with Crippen molar-refractivity contribution in [2.45, 2.75) is 33.4 Å². The molecule has 0 heterocycles. The average molecular weight is 909 g/mol. The van der Waals surface area contributed by atoms with Crippen LogP contribution in [-0.2, 0) is 40.5 Å². The molecule has 0 unspecified atom stereocenters. The maximum Gasteiger partial charge on any atom is 0.302 e. The molecule has 0 bridgehead atoms. The van der Waals surface area contributed by atoms with E-state index in [1.54, 1.807) is 0 Å². The Balaban J connectivity index is 2.09. The molecule has 8 aromatic rings. The highest BCUT2D eigenvalue weighted by atomic mass is 32.2. The Morgan fingerprint density at radius 3 is 0.700 bits per heavy atom. The van der Waals surface area contributed by atoms with Crippen molar-refractivity contribution in [3.05, 3.63) is 31.6 Å². The van der Waals surface area contributed by atoms with Gasteiger partial charge in [0.25, 0.3) is 20.2 Å². The second-order valence-corrected chi connectivity index (χ2v) is 19.0. The SMILES string of the molecule is COc1c(S(=O)(=O)O)c(C)c2c3c(C)c(S(=O)(=O)O)c(OC)c4c(=O)c5c(OC)c(S(=O)(=O)O)c(OC)c6c7c(OC)c(S(=O)(=O)O)c(OC)c8c(=O)c1c2c(c87)c(c43)c56. The lowest BCUT2D eigenvalue weighted by molar-refractivity contribution is 0.371. The first-order chi connectivity index (χ1) is 27.8. The molecular weight excluding hydrogens is 881 g/mol. The smallest absolute Gasteiger partial charge is 0.302 e. The minimum Gasteiger partial charge on any atom is -0.494 e. The number of ether oxygens (including phenoxy) is 6. The quantitative estimate of drug-likeness (QED) is 0.0859. The third kappa shape index (κ3) is 4.77. The van der Waals surface area contributed by atoms with E-state index in [1.165, 1.54) is 13.8 Å². The molecule has 8 rings (SSSR count). The summed E-state index contributed by atoms with van der Waals surface area (Å²) in [6.07, 6.45) is 0. The van der Waals surface area contributed by atoms with Gasteiger partial charge in [-0.1, -0.05) is 0 Å². The molecule has 0 amide bonds. The highest BCUT2D eigenvalue weighted by Gasteiger charge is 2.42. The van der Waals surface area contributed by atoms with Crippen LogP contribution in [0.1, 0.15) is 11.1 Å². The van der Waals surface area contributed by atoms with Gasteiger partial charge in [0.1, 0.15) is 9.79 Å². The van der Waals surface area contributed by atoms with Gasteiger partial charge in [-0.05, 0) is 35.7 Å². The van der Waals surface area contributed by atoms with Crippen LogP contribution in [0.15, 0.2) is 29.2 Å². The fourth-order valence-electron chi connectivity index (χ4n) is 9.24. The summed E-state index contributed by atoms with van der Waals surface area (Å²) in [6, 6.07) is 0. The minimum absolute atomic E-state index is 0.147. The summed E-state index contributed by atoms with van der Waals surface area (Å²) in [4.78, 5) is 26.2. The third-order valence-corrected chi connectivity index (χ3v) is 14.7. The Bertz CT molecular complexity index is 3630. The lowest BCUT2D eigenvalue weighted by atomic mass is 9.77. The molecule has 24 heteroatoms. The highest BCUT2D eigenvalue weighted by Crippen LogP contribution is 2.61. The molecular formula is C36H28O20S4. The van der Waals surface area contributed by atoms with Crippen LogP contribution in [-0.4, -0.2) is 94.5 Å². The van der Waals surface area contributed by atoms with Gasteiger partial charge in [-0.3, -0.25) is 27.8 Å². The molecule has 0 aromatic heterocycles. The standard InChI is InChI=1S/C36H28O20S4/c1-9-11-12-10(2)34(58(42,43)44)30(54-6)22-14(12)16-15-13(11)21(29(53-5)33(9)57(39,40)41)25(37)23-17(15)19(27(51-3)35(31(23)55-7)59(45,46)47)20-18(16)24(26(22)38)32(56-8)36(28(20)52-4)60(48,49)50/h1-8H3,(H,39,40,41)(H,42,43,44)(H,45,46,47)(H,48,49,50). The van der Waals surface area contributed by atoms with Crippen LogP contribution in [0, 0.1) is 13.8 Å². The topological polar surface area (TPSA) is 307 Å². The molecule has 316 valence electrons. The zero-order chi connectivity index (χ0) is 44.4. The van der Waals surface area contributed by atoms with E-state index in [9.17, 15) is 51.9 Å². The molecule has 0 aliphatic rings. The Labute approximate surface area is 337 Å². The van der Waals surface area contributed by atoms with Crippen LogP contribution in [0.3, 0.4) is 0 Å². The largest absolute Gasteiger partial charge is 0.494 e. The summed E-state index contributed by atoms with van der Waals surface area (Å²) in [6.45, 7) is 2.35. The van der Waals surface area contributed by atoms with Gasteiger partial charge in [0.15, 0.2) is 44.3 Å². The van der Waals surface area contributed by atoms with E-state index in [2.05, 4.69) is 0 Å². The van der Waals surface area contributed by atoms with Crippen molar-refractivity contribution in [1.82, 2.24) is 0 Å². The van der Waals surface area contributed by atoms with Crippen molar-refractivity contribution in [3.63, 3.8) is 0 Å². The van der Waals surface area contributed by atoms with E-state index in [0.717, 1.165) is 42.7 Å². The summed E-state index contributed by atoms with van der Waals surface area (Å²) in [5.74, 6) is -4.94. The van der Waals surface area contributed by atoms with Crippen LogP contribution < -0.4 is 39.3 Å². The van der Waals surface area contributed by atoms with Crippen molar-refractivity contribution >= 4 is 116 Å². The van der Waals surface area contributed by atoms with E-state index in [4.69, 9.17) is 28.4 Å². The number of hydrogen-bond acceptors (Lipinski definition) is 16. The molecule has 0 saturated carbocycles. The van der Waals surface area contributed by atoms with Crippen LogP contribution >= 0.6 is 0 Å². The van der Waals surface area contributed by atoms with Gasteiger partial charge in [0.2, 0.25) is 10.9 Å². The highest BCUT2D eigenvalue weighted by molar-refractivity contribution is 7.86. The zero-order valence-electron chi connectivity index (χ0n) is 32.0. The summed E-state index contributed by atoms with van der Waals surface area (Å²) in [7, 11) is -16.3. The molecule has 20 nitrogen and oxygen atoms in total. The zero-order valence-corrected chi connectivity index (χ0v) is 35.2. The van der Waals surface area contributed by atoms with Crippen molar-refractivity contribution in [1.29, 1.82) is 0 Å². The first kappa shape index (κ1) is 41.1. The van der Waals surface area contributed by atoms with Crippen LogP contribution in [0.2, 0.25) is 0 Å². The number of rotatable bonds is 10. The fourth-order valence-corrected chi connectivity index (χ4v) is 12.7. The van der Waals surface area contributed by atoms with Crippen molar-refractivity contribution in [2.24, 2.45) is 0 Å². The second kappa shape index (κ2) is 12.5. The summed E-state index contributed by atoms with van der Waals surface area (Å²) < 4.78 is 183. The van der Waals surface area contributed by atoms with Gasteiger partial charge in [-0.15, -0.1) is 0 Å². The first-order valence-electron chi connectivity index (χ1n) is 16.7. The second-order valence-electron chi connectivity index (χ2n) is 13.6. The van der Waals surface area contributed by atoms with E-state index in [1.807, 2.05) is 0 Å². The summed E-state index contributed by atoms with van der Waals surface area (Å²) in [5, 5.41) is -5.93. The summed E-state index contributed by atoms with van der Waals surface area (Å²) in [5.41, 5.74) is -3.30. The summed E-state index contributed by atoms with van der Waals surface area (Å²) >= 11 is 0. The van der Waals surface area contributed by atoms with Gasteiger partial charge in [0, 0.05) is 43.1 Å². The molecule has 0 atom stereocenters. The molecule has 4 N–H and O–H groups in total. The van der Waals surface area contributed by atoms with Gasteiger partial charge < -0.3 is 28.4 Å². The van der Waals surface area contributed by atoms with Gasteiger partial charge >= 0.3 is 20.2 Å². The van der Waals surface area contributed by atoms with Crippen LogP contribution in [0.4, 0.5) is 0 Å². The molecule has 0 fully saturated rings. The van der Waals surface area contributed by atoms with Gasteiger partial charge in [-0.2, -0.15) is 33.7 Å². The number of hydrogen-bond donors (Lipinski definition) is 4. The van der Waals surface area contributed by atoms with Crippen LogP contribution in [0.5, 0.6) is 34.5 Å². The van der Waals surface area contributed by atoms with E-state index < -0.39 is 138 Å². The van der Waals surface area contributed by atoms with Crippen LogP contribution in [0.25, 0.3) is 75.4 Å². The Kier molecular flexibility index (Phi) is 8.56. The lowest BCUT2D eigenvalue weighted by Gasteiger charge is -2.29. The van der Waals surface area contributed by atoms with E-state index >= 15 is 9.59 Å². The van der Waals surface area contributed by atoms with Crippen molar-refractivity contribution < 1.29 is 80.3 Å². The Hall–Kier alpha value is -5.60. The first-order valence-corrected chi connectivity index (χ1v) is 22.5. The molecule has 60 heavy (non-hydrogen) atoms. The number of fused-ring (bicyclic) bond motifs is 2. The van der Waals surface area contributed by atoms with Crippen molar-refractivity contribution in [3.8, 4) is 34.5 Å². The van der Waals surface area contributed by atoms with Gasteiger partial charge in [-0.25, -0.2) is 0 Å². The number of aryl methyl sites for hydroxylation is 2. The number of methoxy groups -OCH3 is 6. The predicted octanol–water partition coefficient (Wildman–Crippen LogP) is 3.89. The monoisotopic (exact) mass is 908 g/mol. The predicted molar refractivity (Wildman–Crippen MR) is 214 cm³/mol. The molecule has 0 aliphatic carbocycles. The fraction of sp³-hybridized carbons (Fsp3) is 0.222. The van der Waals surface area contributed by atoms with Crippen molar-refractivity contribution in [2.75, 3.05) is 42.7 Å². The van der Waals surface area contributed by atoms with E-state index in [-0.39, 0.29) is 54.2 Å². The molecule has 0 spiro atoms. The Morgan fingerprint density at radius 2 is 0.483 bits per heavy atom.